The summed E-state index contributed by atoms with van der Waals surface area (Å²) in [7, 11) is 0. The van der Waals surface area contributed by atoms with Gasteiger partial charge in [-0.1, -0.05) is 91.0 Å². The van der Waals surface area contributed by atoms with Crippen LogP contribution in [0.5, 0.6) is 0 Å². The summed E-state index contributed by atoms with van der Waals surface area (Å²) in [4.78, 5) is 61.6. The number of urea groups is 1. The molecule has 6 amide bonds. The maximum Gasteiger partial charge on any atom is 0.407 e. The van der Waals surface area contributed by atoms with Crippen molar-refractivity contribution < 1.29 is 28.7 Å². The van der Waals surface area contributed by atoms with E-state index in [4.69, 9.17) is 4.74 Å². The molecule has 1 aromatic heterocycles. The fraction of sp³-hybridized carbons (Fsp3) is 0.128. The molecule has 2 aliphatic rings. The van der Waals surface area contributed by atoms with Crippen LogP contribution in [0.3, 0.4) is 0 Å². The first kappa shape index (κ1) is 32.7. The van der Waals surface area contributed by atoms with E-state index in [-0.39, 0.29) is 37.1 Å². The number of nitrogens with zero attached hydrogens (tertiary/aromatic N) is 2. The normalized spacial score (nSPS) is 13.5. The predicted molar refractivity (Wildman–Crippen MR) is 188 cm³/mol. The van der Waals surface area contributed by atoms with Gasteiger partial charge >= 0.3 is 12.1 Å². The Labute approximate surface area is 292 Å². The lowest BCUT2D eigenvalue weighted by molar-refractivity contribution is -0.123. The predicted octanol–water partition coefficient (Wildman–Crippen LogP) is 4.77. The van der Waals surface area contributed by atoms with Gasteiger partial charge in [0.05, 0.1) is 12.2 Å². The van der Waals surface area contributed by atoms with E-state index < -0.39 is 23.9 Å². The number of amides is 6. The van der Waals surface area contributed by atoms with Gasteiger partial charge in [0.2, 0.25) is 0 Å². The van der Waals surface area contributed by atoms with E-state index in [1.165, 1.54) is 6.08 Å². The first-order valence-electron chi connectivity index (χ1n) is 16.3. The van der Waals surface area contributed by atoms with Crippen LogP contribution in [0.2, 0.25) is 0 Å². The van der Waals surface area contributed by atoms with Crippen molar-refractivity contribution in [2.75, 3.05) is 13.2 Å². The van der Waals surface area contributed by atoms with Crippen LogP contribution in [-0.2, 0) is 27.4 Å². The number of benzene rings is 4. The Morgan fingerprint density at radius 1 is 0.784 bits per heavy atom. The number of fused-ring (bicyclic) bond motifs is 3. The molecule has 1 fully saturated rings. The molecule has 0 atom stereocenters. The van der Waals surface area contributed by atoms with Crippen molar-refractivity contribution in [2.24, 2.45) is 0 Å². The molecule has 7 rings (SSSR count). The number of alkyl carbamates (subject to hydrolysis) is 1. The average molecular weight is 681 g/mol. The van der Waals surface area contributed by atoms with Gasteiger partial charge in [0.1, 0.15) is 12.2 Å². The molecule has 254 valence electrons. The Morgan fingerprint density at radius 2 is 1.41 bits per heavy atom. The number of carbonyl (C=O) groups excluding carboxylic acids is 5. The van der Waals surface area contributed by atoms with Crippen molar-refractivity contribution in [3.63, 3.8) is 0 Å². The highest BCUT2D eigenvalue weighted by atomic mass is 16.5. The van der Waals surface area contributed by atoms with Crippen LogP contribution in [0.25, 0.3) is 28.5 Å². The van der Waals surface area contributed by atoms with E-state index in [2.05, 4.69) is 50.6 Å². The first-order chi connectivity index (χ1) is 24.8. The van der Waals surface area contributed by atoms with E-state index in [1.807, 2.05) is 54.6 Å². The number of ether oxygens (including phenoxy) is 1. The van der Waals surface area contributed by atoms with Gasteiger partial charge in [-0.05, 0) is 46.0 Å². The Bertz CT molecular complexity index is 2120. The van der Waals surface area contributed by atoms with Gasteiger partial charge in [-0.25, -0.2) is 9.59 Å². The van der Waals surface area contributed by atoms with Crippen LogP contribution in [0.4, 0.5) is 9.59 Å². The topological polar surface area (TPSA) is 161 Å². The Hall–Kier alpha value is -6.82. The van der Waals surface area contributed by atoms with Crippen LogP contribution >= 0.6 is 0 Å². The number of aromatic nitrogens is 2. The third-order valence-corrected chi connectivity index (χ3v) is 8.70. The molecule has 4 N–H and O–H groups in total. The number of nitrogens with one attached hydrogen (secondary N) is 4. The highest BCUT2D eigenvalue weighted by molar-refractivity contribution is 6.31. The van der Waals surface area contributed by atoms with Crippen LogP contribution in [-0.4, -0.2) is 52.8 Å². The van der Waals surface area contributed by atoms with E-state index in [9.17, 15) is 24.0 Å². The number of rotatable bonds is 10. The van der Waals surface area contributed by atoms with E-state index in [0.29, 0.717) is 23.4 Å². The number of hydrogen-bond donors (Lipinski definition) is 4. The molecule has 51 heavy (non-hydrogen) atoms. The average Bonchev–Trinajstić information content (AvgIpc) is 3.70. The van der Waals surface area contributed by atoms with Crippen LogP contribution in [0.15, 0.2) is 115 Å². The minimum Gasteiger partial charge on any atom is -0.449 e. The van der Waals surface area contributed by atoms with Gasteiger partial charge in [-0.3, -0.25) is 29.7 Å². The number of imide groups is 2. The van der Waals surface area contributed by atoms with Gasteiger partial charge in [-0.15, -0.1) is 0 Å². The molecule has 5 aromatic rings. The largest absolute Gasteiger partial charge is 0.449 e. The number of barbiturate groups is 1. The second-order valence-corrected chi connectivity index (χ2v) is 12.0. The zero-order valence-electron chi connectivity index (χ0n) is 27.2. The molecular formula is C39H32N6O6. The highest BCUT2D eigenvalue weighted by Crippen LogP contribution is 2.44. The third kappa shape index (κ3) is 7.15. The Morgan fingerprint density at radius 3 is 2.08 bits per heavy atom. The molecule has 0 bridgehead atoms. The number of hydrogen-bond acceptors (Lipinski definition) is 7. The molecule has 1 aliphatic carbocycles. The minimum atomic E-state index is -0.878. The van der Waals surface area contributed by atoms with Crippen LogP contribution in [0.1, 0.15) is 38.5 Å². The van der Waals surface area contributed by atoms with E-state index >= 15 is 0 Å². The van der Waals surface area contributed by atoms with Gasteiger partial charge in [0, 0.05) is 41.9 Å². The van der Waals surface area contributed by atoms with Gasteiger partial charge in [0.15, 0.2) is 0 Å². The summed E-state index contributed by atoms with van der Waals surface area (Å²) in [6, 6.07) is 31.6. The van der Waals surface area contributed by atoms with Gasteiger partial charge in [0.25, 0.3) is 17.7 Å². The van der Waals surface area contributed by atoms with Gasteiger partial charge < -0.3 is 15.4 Å². The summed E-state index contributed by atoms with van der Waals surface area (Å²) in [6.07, 6.45) is 2.52. The molecule has 0 radical (unpaired) electrons. The summed E-state index contributed by atoms with van der Waals surface area (Å²) in [6.45, 7) is 0.999. The monoisotopic (exact) mass is 680 g/mol. The molecule has 12 nitrogen and oxygen atoms in total. The van der Waals surface area contributed by atoms with Crippen molar-refractivity contribution >= 4 is 35.9 Å². The molecule has 0 unspecified atom stereocenters. The number of carbonyl (C=O) groups is 5. The molecule has 4 aromatic carbocycles. The second-order valence-electron chi connectivity index (χ2n) is 12.0. The smallest absolute Gasteiger partial charge is 0.407 e. The molecule has 1 saturated heterocycles. The molecule has 0 spiro atoms. The summed E-state index contributed by atoms with van der Waals surface area (Å²) >= 11 is 0. The lowest BCUT2D eigenvalue weighted by atomic mass is 9.98. The molecule has 12 heteroatoms. The van der Waals surface area contributed by atoms with Gasteiger partial charge in [-0.2, -0.15) is 5.10 Å². The second kappa shape index (κ2) is 14.3. The molecular weight excluding hydrogens is 648 g/mol. The fourth-order valence-corrected chi connectivity index (χ4v) is 6.22. The third-order valence-electron chi connectivity index (χ3n) is 8.70. The lowest BCUT2D eigenvalue weighted by Crippen LogP contribution is -2.51. The van der Waals surface area contributed by atoms with Crippen molar-refractivity contribution in [1.29, 1.82) is 0 Å². The van der Waals surface area contributed by atoms with Crippen molar-refractivity contribution in [3.8, 4) is 22.4 Å². The lowest BCUT2D eigenvalue weighted by Gasteiger charge is -2.14. The minimum absolute atomic E-state index is 0.0272. The van der Waals surface area contributed by atoms with Crippen molar-refractivity contribution in [1.82, 2.24) is 31.0 Å². The summed E-state index contributed by atoms with van der Waals surface area (Å²) in [5, 5.41) is 14.4. The molecule has 2 heterocycles. The summed E-state index contributed by atoms with van der Waals surface area (Å²) < 4.78 is 7.23. The Balaban J connectivity index is 0.918. The first-order valence-corrected chi connectivity index (χ1v) is 16.3. The molecule has 0 saturated carbocycles. The maximum absolute atomic E-state index is 12.9. The highest BCUT2D eigenvalue weighted by Gasteiger charge is 2.30. The van der Waals surface area contributed by atoms with E-state index in [0.717, 1.165) is 33.4 Å². The Kier molecular flexibility index (Phi) is 9.20. The molecule has 1 aliphatic heterocycles. The van der Waals surface area contributed by atoms with Crippen molar-refractivity contribution in [3.05, 3.63) is 143 Å². The van der Waals surface area contributed by atoms with E-state index in [1.54, 1.807) is 35.1 Å². The standard InChI is InChI=1S/C39H32N6O6/c46-35(40-18-19-45-22-27(34(44-45)25-8-2-1-3-9-25)20-32-36(47)42-38(49)43-37(32)48)26-16-14-24(15-17-26)21-41-39(50)51-23-33-30-12-6-4-10-28(30)29-11-5-7-13-31(29)33/h1-17,20,22,33H,18-19,21,23H2,(H,40,46)(H,41,50)(H2,42,43,47,48,49). The zero-order chi connectivity index (χ0) is 35.3. The fourth-order valence-electron chi connectivity index (χ4n) is 6.22. The quantitative estimate of drug-likeness (QED) is 0.122. The zero-order valence-corrected chi connectivity index (χ0v) is 27.2. The summed E-state index contributed by atoms with van der Waals surface area (Å²) in [5.41, 5.74) is 7.40. The van der Waals surface area contributed by atoms with Crippen LogP contribution < -0.4 is 21.3 Å². The van der Waals surface area contributed by atoms with Crippen molar-refractivity contribution in [2.45, 2.75) is 19.0 Å². The SMILES string of the molecule is O=C1NC(=O)C(=Cc2cn(CCNC(=O)c3ccc(CNC(=O)OCC4c5ccccc5-c5ccccc54)cc3)nc2-c2ccccc2)C(=O)N1. The maximum atomic E-state index is 12.9. The van der Waals surface area contributed by atoms with Crippen LogP contribution in [0, 0.1) is 0 Å². The summed E-state index contributed by atoms with van der Waals surface area (Å²) in [5.74, 6) is -1.92.